The molecule has 0 aliphatic carbocycles. The molecule has 2 fully saturated rings. The van der Waals surface area contributed by atoms with Gasteiger partial charge in [0, 0.05) is 33.7 Å². The lowest BCUT2D eigenvalue weighted by Crippen LogP contribution is -2.43. The van der Waals surface area contributed by atoms with Crippen molar-refractivity contribution in [2.45, 2.75) is 44.6 Å². The first-order chi connectivity index (χ1) is 12.1. The maximum atomic E-state index is 12.5. The van der Waals surface area contributed by atoms with Gasteiger partial charge in [-0.3, -0.25) is 4.79 Å². The molecule has 0 unspecified atom stereocenters. The zero-order chi connectivity index (χ0) is 17.8. The van der Waals surface area contributed by atoms with Gasteiger partial charge >= 0.3 is 6.01 Å². The molecule has 0 aromatic carbocycles. The van der Waals surface area contributed by atoms with Crippen LogP contribution in [0.15, 0.2) is 0 Å². The third-order valence-corrected chi connectivity index (χ3v) is 4.90. The highest BCUT2D eigenvalue weighted by Gasteiger charge is 2.34. The van der Waals surface area contributed by atoms with Gasteiger partial charge in [-0.2, -0.15) is 15.0 Å². The van der Waals surface area contributed by atoms with Gasteiger partial charge in [0.2, 0.25) is 17.8 Å². The Kier molecular flexibility index (Phi) is 5.55. The number of rotatable bonds is 4. The van der Waals surface area contributed by atoms with Gasteiger partial charge in [-0.15, -0.1) is 0 Å². The lowest BCUT2D eigenvalue weighted by atomic mass is 10.2. The molecule has 25 heavy (non-hydrogen) atoms. The van der Waals surface area contributed by atoms with E-state index in [2.05, 4.69) is 14.9 Å². The van der Waals surface area contributed by atoms with Crippen molar-refractivity contribution in [3.63, 3.8) is 0 Å². The summed E-state index contributed by atoms with van der Waals surface area (Å²) in [6.07, 6.45) is 6.57. The summed E-state index contributed by atoms with van der Waals surface area (Å²) in [5.41, 5.74) is 0. The number of carbonyl (C=O) groups is 1. The fourth-order valence-electron chi connectivity index (χ4n) is 3.53. The second kappa shape index (κ2) is 7.84. The van der Waals surface area contributed by atoms with Crippen molar-refractivity contribution >= 4 is 17.8 Å². The molecule has 0 bridgehead atoms. The Morgan fingerprint density at radius 2 is 1.68 bits per heavy atom. The van der Waals surface area contributed by atoms with Gasteiger partial charge in [0.05, 0.1) is 7.11 Å². The molecule has 0 saturated carbocycles. The lowest BCUT2D eigenvalue weighted by Gasteiger charge is -2.27. The van der Waals surface area contributed by atoms with E-state index < -0.39 is 0 Å². The molecule has 1 aromatic heterocycles. The van der Waals surface area contributed by atoms with E-state index in [4.69, 9.17) is 9.72 Å². The monoisotopic (exact) mass is 348 g/mol. The summed E-state index contributed by atoms with van der Waals surface area (Å²) in [4.78, 5) is 31.9. The molecule has 1 amide bonds. The standard InChI is InChI=1S/C17H28N6O2/c1-21(2)14(24)13-9-8-12-23(13)16-18-15(19-17(20-16)25-3)22-10-6-4-5-7-11-22/h13H,4-12H2,1-3H3/t13-/m0/s1. The SMILES string of the molecule is COc1nc(N2CCCCCC2)nc(N2CCC[C@H]2C(=O)N(C)C)n1. The van der Waals surface area contributed by atoms with Crippen LogP contribution in [0.2, 0.25) is 0 Å². The molecule has 3 rings (SSSR count). The predicted octanol–water partition coefficient (Wildman–Crippen LogP) is 1.32. The largest absolute Gasteiger partial charge is 0.467 e. The molecule has 2 aliphatic heterocycles. The van der Waals surface area contributed by atoms with E-state index in [0.29, 0.717) is 17.9 Å². The van der Waals surface area contributed by atoms with Crippen LogP contribution in [0.3, 0.4) is 0 Å². The number of amides is 1. The highest BCUT2D eigenvalue weighted by molar-refractivity contribution is 5.85. The fourth-order valence-corrected chi connectivity index (χ4v) is 3.53. The van der Waals surface area contributed by atoms with Crippen LogP contribution in [0, 0.1) is 0 Å². The van der Waals surface area contributed by atoms with E-state index in [1.54, 1.807) is 26.1 Å². The van der Waals surface area contributed by atoms with Gasteiger partial charge in [0.1, 0.15) is 6.04 Å². The smallest absolute Gasteiger partial charge is 0.322 e. The number of carbonyl (C=O) groups excluding carboxylic acids is 1. The van der Waals surface area contributed by atoms with Crippen molar-refractivity contribution < 1.29 is 9.53 Å². The van der Waals surface area contributed by atoms with E-state index in [-0.39, 0.29) is 11.9 Å². The summed E-state index contributed by atoms with van der Waals surface area (Å²) in [7, 11) is 5.14. The third kappa shape index (κ3) is 3.93. The quantitative estimate of drug-likeness (QED) is 0.812. The van der Waals surface area contributed by atoms with E-state index in [9.17, 15) is 4.79 Å². The van der Waals surface area contributed by atoms with Crippen LogP contribution in [0.25, 0.3) is 0 Å². The molecular weight excluding hydrogens is 320 g/mol. The van der Waals surface area contributed by atoms with E-state index in [0.717, 1.165) is 45.3 Å². The Balaban J connectivity index is 1.89. The number of nitrogens with zero attached hydrogens (tertiary/aromatic N) is 6. The molecule has 0 spiro atoms. The number of ether oxygens (including phenoxy) is 1. The van der Waals surface area contributed by atoms with Gasteiger partial charge < -0.3 is 19.4 Å². The predicted molar refractivity (Wildman–Crippen MR) is 96.1 cm³/mol. The van der Waals surface area contributed by atoms with Crippen LogP contribution in [0.5, 0.6) is 6.01 Å². The van der Waals surface area contributed by atoms with Crippen LogP contribution >= 0.6 is 0 Å². The Morgan fingerprint density at radius 1 is 1.00 bits per heavy atom. The fraction of sp³-hybridized carbons (Fsp3) is 0.765. The number of likely N-dealkylation sites (N-methyl/N-ethyl adjacent to an activating group) is 1. The first-order valence-electron chi connectivity index (χ1n) is 9.13. The number of hydrogen-bond donors (Lipinski definition) is 0. The summed E-state index contributed by atoms with van der Waals surface area (Å²) in [5, 5.41) is 0. The zero-order valence-electron chi connectivity index (χ0n) is 15.4. The summed E-state index contributed by atoms with van der Waals surface area (Å²) in [6.45, 7) is 2.68. The minimum atomic E-state index is -0.209. The first kappa shape index (κ1) is 17.7. The molecular formula is C17H28N6O2. The molecule has 1 atom stereocenters. The zero-order valence-corrected chi connectivity index (χ0v) is 15.4. The molecule has 0 radical (unpaired) electrons. The van der Waals surface area contributed by atoms with Gasteiger partial charge in [-0.1, -0.05) is 12.8 Å². The molecule has 8 nitrogen and oxygen atoms in total. The normalized spacial score (nSPS) is 21.2. The molecule has 2 aliphatic rings. The summed E-state index contributed by atoms with van der Waals surface area (Å²) < 4.78 is 5.31. The molecule has 8 heteroatoms. The average molecular weight is 348 g/mol. The number of anilines is 2. The maximum Gasteiger partial charge on any atom is 0.322 e. The minimum Gasteiger partial charge on any atom is -0.467 e. The summed E-state index contributed by atoms with van der Waals surface area (Å²) in [5.74, 6) is 1.30. The second-order valence-corrected chi connectivity index (χ2v) is 6.91. The van der Waals surface area contributed by atoms with Crippen LogP contribution in [0.1, 0.15) is 38.5 Å². The van der Waals surface area contributed by atoms with E-state index >= 15 is 0 Å². The van der Waals surface area contributed by atoms with Gasteiger partial charge in [0.25, 0.3) is 0 Å². The van der Waals surface area contributed by atoms with Crippen LogP contribution < -0.4 is 14.5 Å². The maximum absolute atomic E-state index is 12.5. The summed E-state index contributed by atoms with van der Waals surface area (Å²) >= 11 is 0. The highest BCUT2D eigenvalue weighted by atomic mass is 16.5. The Morgan fingerprint density at radius 3 is 2.32 bits per heavy atom. The number of aromatic nitrogens is 3. The van der Waals surface area contributed by atoms with Gasteiger partial charge in [0.15, 0.2) is 0 Å². The Bertz CT molecular complexity index is 601. The van der Waals surface area contributed by atoms with Crippen LogP contribution in [-0.2, 0) is 4.79 Å². The van der Waals surface area contributed by atoms with Gasteiger partial charge in [-0.05, 0) is 25.7 Å². The molecule has 3 heterocycles. The lowest BCUT2D eigenvalue weighted by molar-refractivity contribution is -0.129. The summed E-state index contributed by atoms with van der Waals surface area (Å²) in [6, 6.07) is 0.103. The molecule has 138 valence electrons. The molecule has 0 N–H and O–H groups in total. The van der Waals surface area contributed by atoms with Gasteiger partial charge in [-0.25, -0.2) is 0 Å². The third-order valence-electron chi connectivity index (χ3n) is 4.90. The number of methoxy groups -OCH3 is 1. The first-order valence-corrected chi connectivity index (χ1v) is 9.13. The molecule has 1 aromatic rings. The van der Waals surface area contributed by atoms with Crippen molar-refractivity contribution in [1.29, 1.82) is 0 Å². The van der Waals surface area contributed by atoms with Crippen molar-refractivity contribution in [3.8, 4) is 6.01 Å². The van der Waals surface area contributed by atoms with Crippen molar-refractivity contribution in [3.05, 3.63) is 0 Å². The average Bonchev–Trinajstić information content (AvgIpc) is 2.95. The van der Waals surface area contributed by atoms with Crippen molar-refractivity contribution in [2.75, 3.05) is 50.6 Å². The highest BCUT2D eigenvalue weighted by Crippen LogP contribution is 2.27. The Hall–Kier alpha value is -2.12. The Labute approximate surface area is 149 Å². The van der Waals surface area contributed by atoms with Crippen molar-refractivity contribution in [1.82, 2.24) is 19.9 Å². The second-order valence-electron chi connectivity index (χ2n) is 6.91. The van der Waals surface area contributed by atoms with E-state index in [1.807, 2.05) is 4.90 Å². The minimum absolute atomic E-state index is 0.0909. The van der Waals surface area contributed by atoms with E-state index in [1.165, 1.54) is 12.8 Å². The number of hydrogen-bond acceptors (Lipinski definition) is 7. The van der Waals surface area contributed by atoms with Crippen LogP contribution in [0.4, 0.5) is 11.9 Å². The molecule has 2 saturated heterocycles. The van der Waals surface area contributed by atoms with Crippen molar-refractivity contribution in [2.24, 2.45) is 0 Å². The van der Waals surface area contributed by atoms with Crippen LogP contribution in [-0.4, -0.2) is 72.6 Å². The topological polar surface area (TPSA) is 74.7 Å².